The maximum atomic E-state index is 10.1. The van der Waals surface area contributed by atoms with Crippen LogP contribution >= 0.6 is 0 Å². The Morgan fingerprint density at radius 3 is 2.90 bits per heavy atom. The molecule has 0 radical (unpaired) electrons. The molecule has 1 atom stereocenters. The molecule has 0 heterocycles. The van der Waals surface area contributed by atoms with Crippen LogP contribution in [0, 0.1) is 0 Å². The van der Waals surface area contributed by atoms with Gasteiger partial charge in [0.1, 0.15) is 0 Å². The first kappa shape index (κ1) is 9.17. The predicted molar refractivity (Wildman–Crippen MR) is 37.9 cm³/mol. The van der Waals surface area contributed by atoms with Crippen LogP contribution in [0.4, 0.5) is 0 Å². The fourth-order valence-electron chi connectivity index (χ4n) is 0.537. The van der Waals surface area contributed by atoms with Gasteiger partial charge >= 0.3 is 5.97 Å². The van der Waals surface area contributed by atoms with Crippen LogP contribution < -0.4 is 0 Å². The molecule has 3 nitrogen and oxygen atoms in total. The number of hydrogen-bond donors (Lipinski definition) is 1. The summed E-state index contributed by atoms with van der Waals surface area (Å²) < 4.78 is 5.00. The average Bonchev–Trinajstić information content (AvgIpc) is 1.82. The predicted octanol–water partition coefficient (Wildman–Crippen LogP) is 1.05. The van der Waals surface area contributed by atoms with Gasteiger partial charge in [0.05, 0.1) is 19.1 Å². The minimum Gasteiger partial charge on any atom is -0.481 e. The van der Waals surface area contributed by atoms with Crippen LogP contribution in [0.3, 0.4) is 0 Å². The van der Waals surface area contributed by atoms with Crippen LogP contribution in [0.25, 0.3) is 0 Å². The van der Waals surface area contributed by atoms with E-state index in [2.05, 4.69) is 6.58 Å². The number of ether oxygens (including phenoxy) is 1. The van der Waals surface area contributed by atoms with Gasteiger partial charge in [-0.2, -0.15) is 0 Å². The van der Waals surface area contributed by atoms with Gasteiger partial charge in [0.15, 0.2) is 0 Å². The molecule has 0 aliphatic carbocycles. The summed E-state index contributed by atoms with van der Waals surface area (Å²) in [6, 6.07) is 0. The van der Waals surface area contributed by atoms with Crippen molar-refractivity contribution in [3.63, 3.8) is 0 Å². The summed E-state index contributed by atoms with van der Waals surface area (Å²) in [7, 11) is 0. The Morgan fingerprint density at radius 2 is 2.50 bits per heavy atom. The second kappa shape index (κ2) is 4.99. The summed E-state index contributed by atoms with van der Waals surface area (Å²) in [5.41, 5.74) is 0. The van der Waals surface area contributed by atoms with Gasteiger partial charge in [-0.15, -0.1) is 6.58 Å². The highest BCUT2D eigenvalue weighted by molar-refractivity contribution is 5.67. The fourth-order valence-corrected chi connectivity index (χ4v) is 0.537. The monoisotopic (exact) mass is 144 g/mol. The topological polar surface area (TPSA) is 46.5 Å². The van der Waals surface area contributed by atoms with E-state index in [1.807, 2.05) is 0 Å². The third kappa shape index (κ3) is 5.31. The number of carboxylic acid groups (broad SMARTS) is 1. The maximum absolute atomic E-state index is 10.1. The van der Waals surface area contributed by atoms with Crippen molar-refractivity contribution in [1.29, 1.82) is 0 Å². The summed E-state index contributed by atoms with van der Waals surface area (Å²) >= 11 is 0. The van der Waals surface area contributed by atoms with Crippen LogP contribution in [-0.2, 0) is 9.53 Å². The Bertz CT molecular complexity index is 120. The summed E-state index contributed by atoms with van der Waals surface area (Å²) in [5, 5.41) is 8.28. The molecule has 0 saturated heterocycles. The lowest BCUT2D eigenvalue weighted by atomic mass is 10.3. The molecule has 0 aromatic heterocycles. The molecule has 10 heavy (non-hydrogen) atoms. The van der Waals surface area contributed by atoms with Gasteiger partial charge in [0.2, 0.25) is 0 Å². The van der Waals surface area contributed by atoms with Gasteiger partial charge in [0.25, 0.3) is 0 Å². The van der Waals surface area contributed by atoms with Crippen LogP contribution in [0.1, 0.15) is 13.3 Å². The second-order valence-corrected chi connectivity index (χ2v) is 2.03. The van der Waals surface area contributed by atoms with E-state index >= 15 is 0 Å². The number of aliphatic carboxylic acids is 1. The van der Waals surface area contributed by atoms with E-state index in [0.717, 1.165) is 0 Å². The molecule has 0 saturated carbocycles. The van der Waals surface area contributed by atoms with E-state index < -0.39 is 5.97 Å². The fraction of sp³-hybridized carbons (Fsp3) is 0.571. The first-order chi connectivity index (χ1) is 4.66. The van der Waals surface area contributed by atoms with Crippen molar-refractivity contribution >= 4 is 5.97 Å². The molecule has 0 aliphatic heterocycles. The minimum atomic E-state index is -0.837. The van der Waals surface area contributed by atoms with Crippen LogP contribution in [-0.4, -0.2) is 23.8 Å². The Labute approximate surface area is 60.3 Å². The first-order valence-corrected chi connectivity index (χ1v) is 3.11. The highest BCUT2D eigenvalue weighted by atomic mass is 16.5. The standard InChI is InChI=1S/C7H12O3/c1-3-4-10-6(2)5-7(8)9/h3,6H,1,4-5H2,2H3,(H,8,9). The van der Waals surface area contributed by atoms with Crippen molar-refractivity contribution in [2.45, 2.75) is 19.4 Å². The molecular formula is C7H12O3. The molecule has 0 aliphatic rings. The summed E-state index contributed by atoms with van der Waals surface area (Å²) in [6.07, 6.45) is 1.42. The molecule has 0 spiro atoms. The zero-order valence-electron chi connectivity index (χ0n) is 6.04. The summed E-state index contributed by atoms with van der Waals surface area (Å²) in [6.45, 7) is 5.57. The van der Waals surface area contributed by atoms with E-state index in [4.69, 9.17) is 9.84 Å². The number of rotatable bonds is 5. The third-order valence-corrected chi connectivity index (χ3v) is 0.961. The zero-order valence-corrected chi connectivity index (χ0v) is 6.04. The highest BCUT2D eigenvalue weighted by Gasteiger charge is 2.05. The molecule has 0 aromatic rings. The van der Waals surface area contributed by atoms with Crippen LogP contribution in [0.2, 0.25) is 0 Å². The van der Waals surface area contributed by atoms with Crippen LogP contribution in [0.5, 0.6) is 0 Å². The number of carbonyl (C=O) groups is 1. The average molecular weight is 144 g/mol. The van der Waals surface area contributed by atoms with E-state index in [1.54, 1.807) is 13.0 Å². The SMILES string of the molecule is C=CCOC(C)CC(=O)O. The van der Waals surface area contributed by atoms with Crippen molar-refractivity contribution in [3.05, 3.63) is 12.7 Å². The van der Waals surface area contributed by atoms with Gasteiger partial charge in [-0.05, 0) is 6.92 Å². The van der Waals surface area contributed by atoms with Gasteiger partial charge < -0.3 is 9.84 Å². The zero-order chi connectivity index (χ0) is 7.98. The van der Waals surface area contributed by atoms with Crippen molar-refractivity contribution in [2.75, 3.05) is 6.61 Å². The Kier molecular flexibility index (Phi) is 4.58. The summed E-state index contributed by atoms with van der Waals surface area (Å²) in [4.78, 5) is 10.1. The first-order valence-electron chi connectivity index (χ1n) is 3.11. The van der Waals surface area contributed by atoms with E-state index in [1.165, 1.54) is 0 Å². The van der Waals surface area contributed by atoms with Gasteiger partial charge in [-0.1, -0.05) is 6.08 Å². The van der Waals surface area contributed by atoms with Crippen molar-refractivity contribution in [2.24, 2.45) is 0 Å². The third-order valence-electron chi connectivity index (χ3n) is 0.961. The lowest BCUT2D eigenvalue weighted by molar-refractivity contribution is -0.139. The molecule has 0 rings (SSSR count). The summed E-state index contributed by atoms with van der Waals surface area (Å²) in [5.74, 6) is -0.837. The molecule has 0 aromatic carbocycles. The minimum absolute atomic E-state index is 0.0494. The normalized spacial score (nSPS) is 12.5. The molecule has 1 unspecified atom stereocenters. The van der Waals surface area contributed by atoms with Crippen molar-refractivity contribution < 1.29 is 14.6 Å². The Hall–Kier alpha value is -0.830. The van der Waals surface area contributed by atoms with Crippen LogP contribution in [0.15, 0.2) is 12.7 Å². The molecule has 3 heteroatoms. The van der Waals surface area contributed by atoms with E-state index in [-0.39, 0.29) is 12.5 Å². The largest absolute Gasteiger partial charge is 0.481 e. The number of carboxylic acids is 1. The Morgan fingerprint density at radius 1 is 1.90 bits per heavy atom. The highest BCUT2D eigenvalue weighted by Crippen LogP contribution is 1.96. The van der Waals surface area contributed by atoms with Gasteiger partial charge in [-0.3, -0.25) is 4.79 Å². The molecule has 58 valence electrons. The van der Waals surface area contributed by atoms with Gasteiger partial charge in [0, 0.05) is 0 Å². The quantitative estimate of drug-likeness (QED) is 0.587. The van der Waals surface area contributed by atoms with E-state index in [9.17, 15) is 4.79 Å². The van der Waals surface area contributed by atoms with Crippen molar-refractivity contribution in [3.8, 4) is 0 Å². The molecule has 0 fully saturated rings. The smallest absolute Gasteiger partial charge is 0.305 e. The lowest BCUT2D eigenvalue weighted by Gasteiger charge is -2.07. The lowest BCUT2D eigenvalue weighted by Crippen LogP contribution is -2.13. The Balaban J connectivity index is 3.33. The van der Waals surface area contributed by atoms with Crippen molar-refractivity contribution in [1.82, 2.24) is 0 Å². The maximum Gasteiger partial charge on any atom is 0.305 e. The number of hydrogen-bond acceptors (Lipinski definition) is 2. The van der Waals surface area contributed by atoms with E-state index in [0.29, 0.717) is 6.61 Å². The second-order valence-electron chi connectivity index (χ2n) is 2.03. The molecular weight excluding hydrogens is 132 g/mol. The molecule has 0 bridgehead atoms. The van der Waals surface area contributed by atoms with Gasteiger partial charge in [-0.25, -0.2) is 0 Å². The molecule has 0 amide bonds. The molecule has 1 N–H and O–H groups in total.